The molecular weight excluding hydrogens is 319 g/mol. The predicted molar refractivity (Wildman–Crippen MR) is 87.4 cm³/mol. The van der Waals surface area contributed by atoms with Gasteiger partial charge in [0.25, 0.3) is 0 Å². The molecule has 4 heteroatoms. The molecule has 1 aromatic rings. The number of benzene rings is 1. The SMILES string of the molecule is CCN(CC)CCCC(C)NCc1cc(F)ccc1Br. The third-order valence-corrected chi connectivity index (χ3v) is 4.43. The zero-order valence-corrected chi connectivity index (χ0v) is 14.3. The minimum absolute atomic E-state index is 0.181. The molecule has 0 aliphatic rings. The Morgan fingerprint density at radius 2 is 2.00 bits per heavy atom. The van der Waals surface area contributed by atoms with Crippen LogP contribution < -0.4 is 5.32 Å². The second-order valence-electron chi connectivity index (χ2n) is 5.19. The van der Waals surface area contributed by atoms with Gasteiger partial charge in [-0.05, 0) is 63.2 Å². The quantitative estimate of drug-likeness (QED) is 0.722. The summed E-state index contributed by atoms with van der Waals surface area (Å²) in [6, 6.07) is 5.26. The first-order chi connectivity index (χ1) is 9.56. The van der Waals surface area contributed by atoms with Crippen LogP contribution in [0.25, 0.3) is 0 Å². The molecule has 1 unspecified atom stereocenters. The summed E-state index contributed by atoms with van der Waals surface area (Å²) in [4.78, 5) is 2.44. The third kappa shape index (κ3) is 6.33. The minimum atomic E-state index is -0.181. The molecule has 0 heterocycles. The van der Waals surface area contributed by atoms with Crippen LogP contribution in [0.3, 0.4) is 0 Å². The summed E-state index contributed by atoms with van der Waals surface area (Å²) in [6.07, 6.45) is 2.34. The average Bonchev–Trinajstić information content (AvgIpc) is 2.44. The van der Waals surface area contributed by atoms with Gasteiger partial charge in [-0.3, -0.25) is 0 Å². The Balaban J connectivity index is 2.29. The normalized spacial score (nSPS) is 12.9. The van der Waals surface area contributed by atoms with Gasteiger partial charge in [0, 0.05) is 17.1 Å². The highest BCUT2D eigenvalue weighted by Gasteiger charge is 2.06. The van der Waals surface area contributed by atoms with Gasteiger partial charge >= 0.3 is 0 Å². The van der Waals surface area contributed by atoms with Crippen molar-refractivity contribution in [3.05, 3.63) is 34.1 Å². The summed E-state index contributed by atoms with van der Waals surface area (Å²) >= 11 is 3.46. The van der Waals surface area contributed by atoms with E-state index in [-0.39, 0.29) is 5.82 Å². The number of rotatable bonds is 9. The smallest absolute Gasteiger partial charge is 0.123 e. The maximum atomic E-state index is 13.2. The van der Waals surface area contributed by atoms with E-state index < -0.39 is 0 Å². The number of hydrogen-bond donors (Lipinski definition) is 1. The van der Waals surface area contributed by atoms with Gasteiger partial charge in [0.2, 0.25) is 0 Å². The Hall–Kier alpha value is -0.450. The Morgan fingerprint density at radius 1 is 1.30 bits per heavy atom. The zero-order valence-electron chi connectivity index (χ0n) is 12.8. The molecule has 1 aromatic carbocycles. The maximum absolute atomic E-state index is 13.2. The van der Waals surface area contributed by atoms with E-state index in [0.29, 0.717) is 12.6 Å². The molecule has 0 saturated carbocycles. The highest BCUT2D eigenvalue weighted by atomic mass is 79.9. The molecule has 0 spiro atoms. The average molecular weight is 345 g/mol. The first-order valence-electron chi connectivity index (χ1n) is 7.46. The predicted octanol–water partition coefficient (Wildman–Crippen LogP) is 4.19. The van der Waals surface area contributed by atoms with Gasteiger partial charge in [0.1, 0.15) is 5.82 Å². The standard InChI is InChI=1S/C16H26BrFN2/c1-4-20(5-2)10-6-7-13(3)19-12-14-11-15(18)8-9-16(14)17/h8-9,11,13,19H,4-7,10,12H2,1-3H3. The summed E-state index contributed by atoms with van der Waals surface area (Å²) < 4.78 is 14.1. The molecule has 1 atom stereocenters. The van der Waals surface area contributed by atoms with E-state index >= 15 is 0 Å². The van der Waals surface area contributed by atoms with E-state index in [9.17, 15) is 4.39 Å². The Kier molecular flexibility index (Phi) is 8.34. The molecule has 1 rings (SSSR count). The minimum Gasteiger partial charge on any atom is -0.310 e. The molecule has 0 radical (unpaired) electrons. The summed E-state index contributed by atoms with van der Waals surface area (Å²) in [5.74, 6) is -0.181. The van der Waals surface area contributed by atoms with Crippen molar-refractivity contribution in [2.75, 3.05) is 19.6 Å². The molecule has 0 aromatic heterocycles. The number of hydrogen-bond acceptors (Lipinski definition) is 2. The Labute approximate surface area is 130 Å². The molecule has 0 fully saturated rings. The van der Waals surface area contributed by atoms with E-state index in [2.05, 4.69) is 46.9 Å². The van der Waals surface area contributed by atoms with E-state index in [1.165, 1.54) is 12.5 Å². The fraction of sp³-hybridized carbons (Fsp3) is 0.625. The van der Waals surface area contributed by atoms with Crippen LogP contribution in [-0.4, -0.2) is 30.6 Å². The molecule has 1 N–H and O–H groups in total. The van der Waals surface area contributed by atoms with Gasteiger partial charge in [-0.15, -0.1) is 0 Å². The van der Waals surface area contributed by atoms with Crippen LogP contribution in [0.5, 0.6) is 0 Å². The van der Waals surface area contributed by atoms with Gasteiger partial charge in [0.15, 0.2) is 0 Å². The molecule has 0 saturated heterocycles. The van der Waals surface area contributed by atoms with Crippen LogP contribution in [0.2, 0.25) is 0 Å². The van der Waals surface area contributed by atoms with E-state index in [1.807, 2.05) is 0 Å². The van der Waals surface area contributed by atoms with Crippen molar-refractivity contribution >= 4 is 15.9 Å². The molecule has 0 aliphatic carbocycles. The molecule has 0 aliphatic heterocycles. The van der Waals surface area contributed by atoms with Crippen LogP contribution >= 0.6 is 15.9 Å². The monoisotopic (exact) mass is 344 g/mol. The van der Waals surface area contributed by atoms with E-state index in [4.69, 9.17) is 0 Å². The van der Waals surface area contributed by atoms with Crippen molar-refractivity contribution in [3.63, 3.8) is 0 Å². The van der Waals surface area contributed by atoms with E-state index in [0.717, 1.165) is 36.1 Å². The lowest BCUT2D eigenvalue weighted by Gasteiger charge is -2.20. The summed E-state index contributed by atoms with van der Waals surface area (Å²) in [5.41, 5.74) is 0.973. The zero-order chi connectivity index (χ0) is 15.0. The summed E-state index contributed by atoms with van der Waals surface area (Å²) in [6.45, 7) is 10.7. The third-order valence-electron chi connectivity index (χ3n) is 3.65. The number of nitrogens with one attached hydrogen (secondary N) is 1. The topological polar surface area (TPSA) is 15.3 Å². The maximum Gasteiger partial charge on any atom is 0.123 e. The highest BCUT2D eigenvalue weighted by Crippen LogP contribution is 2.17. The second kappa shape index (κ2) is 9.48. The molecule has 2 nitrogen and oxygen atoms in total. The second-order valence-corrected chi connectivity index (χ2v) is 6.04. The van der Waals surface area contributed by atoms with Gasteiger partial charge < -0.3 is 10.2 Å². The lowest BCUT2D eigenvalue weighted by molar-refractivity contribution is 0.290. The van der Waals surface area contributed by atoms with Gasteiger partial charge in [0.05, 0.1) is 0 Å². The van der Waals surface area contributed by atoms with Crippen LogP contribution in [-0.2, 0) is 6.54 Å². The van der Waals surface area contributed by atoms with Crippen molar-refractivity contribution in [2.45, 2.75) is 46.2 Å². The van der Waals surface area contributed by atoms with Crippen LogP contribution in [0.15, 0.2) is 22.7 Å². The fourth-order valence-corrected chi connectivity index (χ4v) is 2.61. The molecule has 0 amide bonds. The van der Waals surface area contributed by atoms with Crippen molar-refractivity contribution in [3.8, 4) is 0 Å². The number of nitrogens with zero attached hydrogens (tertiary/aromatic N) is 1. The lowest BCUT2D eigenvalue weighted by Crippen LogP contribution is -2.28. The van der Waals surface area contributed by atoms with E-state index in [1.54, 1.807) is 12.1 Å². The van der Waals surface area contributed by atoms with Crippen LogP contribution in [0.1, 0.15) is 39.2 Å². The van der Waals surface area contributed by atoms with Crippen molar-refractivity contribution in [1.82, 2.24) is 10.2 Å². The highest BCUT2D eigenvalue weighted by molar-refractivity contribution is 9.10. The first kappa shape index (κ1) is 17.6. The van der Waals surface area contributed by atoms with Gasteiger partial charge in [-0.25, -0.2) is 4.39 Å². The van der Waals surface area contributed by atoms with Crippen LogP contribution in [0.4, 0.5) is 4.39 Å². The van der Waals surface area contributed by atoms with Gasteiger partial charge in [-0.2, -0.15) is 0 Å². The summed E-state index contributed by atoms with van der Waals surface area (Å²) in [5, 5.41) is 3.46. The molecule has 114 valence electrons. The summed E-state index contributed by atoms with van der Waals surface area (Å²) in [7, 11) is 0. The first-order valence-corrected chi connectivity index (χ1v) is 8.25. The molecule has 0 bridgehead atoms. The fourth-order valence-electron chi connectivity index (χ4n) is 2.23. The Bertz CT molecular complexity index is 394. The largest absolute Gasteiger partial charge is 0.310 e. The van der Waals surface area contributed by atoms with Gasteiger partial charge in [-0.1, -0.05) is 29.8 Å². The van der Waals surface area contributed by atoms with Crippen LogP contribution in [0, 0.1) is 5.82 Å². The number of halogens is 2. The van der Waals surface area contributed by atoms with Crippen molar-refractivity contribution in [1.29, 1.82) is 0 Å². The Morgan fingerprint density at radius 3 is 2.65 bits per heavy atom. The lowest BCUT2D eigenvalue weighted by atomic mass is 10.1. The molecular formula is C16H26BrFN2. The van der Waals surface area contributed by atoms with Crippen molar-refractivity contribution in [2.24, 2.45) is 0 Å². The molecule has 20 heavy (non-hydrogen) atoms. The van der Waals surface area contributed by atoms with Crippen molar-refractivity contribution < 1.29 is 4.39 Å².